The number of piperidine rings is 3. The van der Waals surface area contributed by atoms with Crippen LogP contribution in [0.4, 0.5) is 17.8 Å². The van der Waals surface area contributed by atoms with Crippen molar-refractivity contribution in [2.45, 2.75) is 95.2 Å². The van der Waals surface area contributed by atoms with Crippen LogP contribution in [0.2, 0.25) is 0 Å². The van der Waals surface area contributed by atoms with Crippen molar-refractivity contribution in [3.05, 3.63) is 69.9 Å². The summed E-state index contributed by atoms with van der Waals surface area (Å²) >= 11 is 0. The number of nitrogens with two attached hydrogens (primary N) is 3. The topological polar surface area (TPSA) is 237 Å². The molecule has 6 unspecified atom stereocenters. The van der Waals surface area contributed by atoms with Gasteiger partial charge in [0.15, 0.2) is 0 Å². The Kier molecular flexibility index (Phi) is 11.9. The number of nitrogens with zero attached hydrogens (tertiary/aromatic N) is 9. The number of rotatable bonds is 0. The van der Waals surface area contributed by atoms with Crippen molar-refractivity contribution in [3.63, 3.8) is 0 Å². The normalized spacial score (nSPS) is 29.0. The molecule has 9 N–H and O–H groups in total. The number of hydrogen-bond donors (Lipinski definition) is 3. The zero-order valence-electron chi connectivity index (χ0n) is 28.1. The quantitative estimate of drug-likeness (QED) is 0.296. The van der Waals surface area contributed by atoms with Gasteiger partial charge in [0.05, 0.1) is 0 Å². The Morgan fingerprint density at radius 1 is 0.490 bits per heavy atom. The van der Waals surface area contributed by atoms with E-state index in [4.69, 9.17) is 34.7 Å². The predicted molar refractivity (Wildman–Crippen MR) is 184 cm³/mol. The number of nitrogen functional groups attached to an aromatic ring is 3. The summed E-state index contributed by atoms with van der Waals surface area (Å²) in [4.78, 5) is 25.1. The fourth-order valence-corrected chi connectivity index (χ4v) is 8.79. The maximum atomic E-state index is 7.95. The first-order valence-electron chi connectivity index (χ1n) is 17.5. The summed E-state index contributed by atoms with van der Waals surface area (Å²) in [7, 11) is 0. The fourth-order valence-electron chi connectivity index (χ4n) is 8.79. The van der Waals surface area contributed by atoms with Crippen LogP contribution in [0.25, 0.3) is 17.5 Å². The van der Waals surface area contributed by atoms with Gasteiger partial charge >= 0.3 is 41.3 Å². The SMILES string of the molecule is [NH-]N1CCCC2Cc3nc(N)ncc3CC21.[NH-]N1CCCC2Cc3nc(N)ncc3CC21.[NH-]N1CCCC2Cc3nc(N)ncc3CC21.[Pr+3]. The maximum Gasteiger partial charge on any atom is 3.00 e. The van der Waals surface area contributed by atoms with Gasteiger partial charge < -0.3 is 49.8 Å². The Labute approximate surface area is 321 Å². The molecule has 3 saturated heterocycles. The molecule has 16 heteroatoms. The van der Waals surface area contributed by atoms with Crippen molar-refractivity contribution >= 4 is 17.8 Å². The molecule has 6 heterocycles. The predicted octanol–water partition coefficient (Wildman–Crippen LogP) is 3.62. The Bertz CT molecular complexity index is 1410. The molecule has 6 atom stereocenters. The van der Waals surface area contributed by atoms with Gasteiger partial charge in [-0.3, -0.25) is 0 Å². The van der Waals surface area contributed by atoms with Gasteiger partial charge in [0.2, 0.25) is 17.8 Å². The van der Waals surface area contributed by atoms with Crippen LogP contribution in [0.3, 0.4) is 0 Å². The van der Waals surface area contributed by atoms with E-state index in [0.29, 0.717) is 53.7 Å². The van der Waals surface area contributed by atoms with Crippen LogP contribution in [-0.2, 0) is 38.5 Å². The van der Waals surface area contributed by atoms with E-state index in [1.165, 1.54) is 36.0 Å². The maximum absolute atomic E-state index is 7.95. The van der Waals surface area contributed by atoms with Crippen molar-refractivity contribution in [1.82, 2.24) is 44.9 Å². The molecule has 49 heavy (non-hydrogen) atoms. The molecule has 0 bridgehead atoms. The van der Waals surface area contributed by atoms with Gasteiger partial charge in [-0.15, -0.1) is 0 Å². The number of aromatic nitrogens is 6. The molecule has 0 amide bonds. The van der Waals surface area contributed by atoms with E-state index >= 15 is 0 Å². The zero-order chi connectivity index (χ0) is 33.4. The largest absolute Gasteiger partial charge is 3.00 e. The molecule has 6 aliphatic rings. The summed E-state index contributed by atoms with van der Waals surface area (Å²) in [5.74, 6) is 26.7. The number of nitrogens with one attached hydrogen (secondary N) is 3. The van der Waals surface area contributed by atoms with E-state index in [0.717, 1.165) is 94.5 Å². The van der Waals surface area contributed by atoms with Crippen molar-refractivity contribution in [2.75, 3.05) is 36.8 Å². The first-order valence-corrected chi connectivity index (χ1v) is 17.5. The molecule has 3 aromatic rings. The molecule has 3 aromatic heterocycles. The average Bonchev–Trinajstić information content (AvgIpc) is 3.07. The summed E-state index contributed by atoms with van der Waals surface area (Å²) in [6, 6.07) is 1.07. The molecule has 0 saturated carbocycles. The summed E-state index contributed by atoms with van der Waals surface area (Å²) in [6.45, 7) is 2.69. The first-order chi connectivity index (χ1) is 23.2. The number of fused-ring (bicyclic) bond motifs is 6. The van der Waals surface area contributed by atoms with Crippen molar-refractivity contribution in [2.24, 2.45) is 17.8 Å². The molecular weight excluding hydrogens is 747 g/mol. The fraction of sp³-hybridized carbons (Fsp3) is 0.636. The molecule has 0 spiro atoms. The third-order valence-corrected chi connectivity index (χ3v) is 11.3. The minimum Gasteiger partial charge on any atom is -0.609 e. The Hall–Kier alpha value is -2.24. The van der Waals surface area contributed by atoms with Crippen LogP contribution in [0.15, 0.2) is 18.6 Å². The molecule has 0 aromatic carbocycles. The second-order valence-corrected chi connectivity index (χ2v) is 14.3. The van der Waals surface area contributed by atoms with Gasteiger partial charge in [-0.05, 0) is 149 Å². The Balaban J connectivity index is 0.000000126. The number of anilines is 3. The van der Waals surface area contributed by atoms with Crippen LogP contribution in [0, 0.1) is 59.0 Å². The van der Waals surface area contributed by atoms with Gasteiger partial charge in [0.25, 0.3) is 0 Å². The minimum atomic E-state index is 0. The van der Waals surface area contributed by atoms with Gasteiger partial charge in [-0.1, -0.05) is 0 Å². The molecule has 258 valence electrons. The molecule has 3 aliphatic carbocycles. The summed E-state index contributed by atoms with van der Waals surface area (Å²) in [6.07, 6.45) is 18.1. The summed E-state index contributed by atoms with van der Waals surface area (Å²) < 4.78 is 0. The smallest absolute Gasteiger partial charge is 0.609 e. The standard InChI is InChI=1S/3C11H16N5.Pr/c3*12-11-14-6-8-5-10-7(4-9(8)15-11)2-1-3-16(10)13;/h3*6-7,10,13H,1-5H2,(H2,12,14,15);/q3*-1;+3. The van der Waals surface area contributed by atoms with E-state index in [-0.39, 0.29) is 41.3 Å². The Morgan fingerprint density at radius 2 is 0.776 bits per heavy atom. The third kappa shape index (κ3) is 8.30. The van der Waals surface area contributed by atoms with Crippen molar-refractivity contribution < 1.29 is 41.3 Å². The zero-order valence-corrected chi connectivity index (χ0v) is 31.8. The third-order valence-electron chi connectivity index (χ3n) is 11.3. The van der Waals surface area contributed by atoms with Gasteiger partial charge in [0.1, 0.15) is 0 Å². The molecule has 9 rings (SSSR count). The van der Waals surface area contributed by atoms with E-state index in [2.05, 4.69) is 29.9 Å². The molecule has 15 nitrogen and oxygen atoms in total. The van der Waals surface area contributed by atoms with Crippen LogP contribution in [-0.4, -0.2) is 82.7 Å². The molecule has 0 radical (unpaired) electrons. The molecular formula is C33H48N15Pr. The summed E-state index contributed by atoms with van der Waals surface area (Å²) in [5.41, 5.74) is 23.7. The average molecular weight is 796 g/mol. The monoisotopic (exact) mass is 795 g/mol. The van der Waals surface area contributed by atoms with Crippen LogP contribution < -0.4 is 17.2 Å². The van der Waals surface area contributed by atoms with Crippen molar-refractivity contribution in [3.8, 4) is 0 Å². The van der Waals surface area contributed by atoms with E-state index in [1.54, 1.807) is 15.0 Å². The second-order valence-electron chi connectivity index (χ2n) is 14.3. The van der Waals surface area contributed by atoms with E-state index in [9.17, 15) is 0 Å². The van der Waals surface area contributed by atoms with E-state index in [1.807, 2.05) is 18.6 Å². The van der Waals surface area contributed by atoms with Gasteiger partial charge in [-0.25, -0.2) is 29.9 Å². The summed E-state index contributed by atoms with van der Waals surface area (Å²) in [5, 5.41) is 5.23. The second kappa shape index (κ2) is 16.0. The van der Waals surface area contributed by atoms with Crippen molar-refractivity contribution in [1.29, 1.82) is 0 Å². The first kappa shape index (κ1) is 36.6. The minimum absolute atomic E-state index is 0. The van der Waals surface area contributed by atoms with Crippen LogP contribution in [0.5, 0.6) is 0 Å². The molecule has 3 aliphatic heterocycles. The van der Waals surface area contributed by atoms with Gasteiger partial charge in [0, 0.05) is 35.7 Å². The van der Waals surface area contributed by atoms with Gasteiger partial charge in [-0.2, -0.15) is 0 Å². The Morgan fingerprint density at radius 3 is 1.06 bits per heavy atom. The van der Waals surface area contributed by atoms with Crippen LogP contribution in [0.1, 0.15) is 72.3 Å². The molecule has 3 fully saturated rings. The van der Waals surface area contributed by atoms with Crippen LogP contribution >= 0.6 is 0 Å². The van der Waals surface area contributed by atoms with E-state index < -0.39 is 0 Å². The number of hydrogen-bond acceptors (Lipinski definition) is 12.